The fourth-order valence-corrected chi connectivity index (χ4v) is 6.33. The van der Waals surface area contributed by atoms with Gasteiger partial charge in [-0.3, -0.25) is 0 Å². The molecule has 2 fully saturated rings. The van der Waals surface area contributed by atoms with Gasteiger partial charge in [-0.25, -0.2) is 4.79 Å². The van der Waals surface area contributed by atoms with Crippen molar-refractivity contribution in [2.45, 2.75) is 49.0 Å². The van der Waals surface area contributed by atoms with Crippen LogP contribution < -0.4 is 10.7 Å². The lowest BCUT2D eigenvalue weighted by molar-refractivity contribution is 0.0596. The number of hydrogen-bond donors (Lipinski definition) is 1. The molecule has 0 spiro atoms. The third kappa shape index (κ3) is 3.48. The highest BCUT2D eigenvalue weighted by molar-refractivity contribution is 8.01. The van der Waals surface area contributed by atoms with Crippen molar-refractivity contribution in [3.8, 4) is 11.4 Å². The minimum Gasteiger partial charge on any atom is -0.505 e. The topological polar surface area (TPSA) is 51.5 Å². The molecule has 0 radical (unpaired) electrons. The zero-order chi connectivity index (χ0) is 19.7. The SMILES string of the molecule is C=c1c(C(=O)OC)c(O)/c(=C\C2CCC(C3CCCC3)S2)n1-c1ccccc1. The molecule has 1 aliphatic carbocycles. The molecule has 2 heterocycles. The van der Waals surface area contributed by atoms with Crippen LogP contribution in [0.4, 0.5) is 0 Å². The second-order valence-electron chi connectivity index (χ2n) is 7.72. The van der Waals surface area contributed by atoms with Gasteiger partial charge in [0.05, 0.1) is 17.8 Å². The molecular weight excluding hydrogens is 370 g/mol. The number of aromatic nitrogens is 1. The molecule has 1 saturated carbocycles. The number of carbonyl (C=O) groups excluding carboxylic acids is 1. The Hall–Kier alpha value is -2.14. The molecule has 1 saturated heterocycles. The maximum absolute atomic E-state index is 12.3. The first kappa shape index (κ1) is 19.2. The molecule has 2 unspecified atom stereocenters. The second-order valence-corrected chi connectivity index (χ2v) is 9.20. The van der Waals surface area contributed by atoms with Gasteiger partial charge in [-0.2, -0.15) is 11.8 Å². The molecule has 2 aliphatic rings. The van der Waals surface area contributed by atoms with E-state index in [-0.39, 0.29) is 11.3 Å². The molecular formula is C23H27NO3S. The number of methoxy groups -OCH3 is 1. The van der Waals surface area contributed by atoms with Gasteiger partial charge in [0.25, 0.3) is 0 Å². The smallest absolute Gasteiger partial charge is 0.343 e. The molecule has 5 heteroatoms. The summed E-state index contributed by atoms with van der Waals surface area (Å²) in [5.74, 6) is 0.243. The highest BCUT2D eigenvalue weighted by Crippen LogP contribution is 2.44. The number of thioether (sulfide) groups is 1. The summed E-state index contributed by atoms with van der Waals surface area (Å²) in [7, 11) is 1.32. The Labute approximate surface area is 169 Å². The summed E-state index contributed by atoms with van der Waals surface area (Å²) < 4.78 is 6.75. The van der Waals surface area contributed by atoms with Crippen molar-refractivity contribution in [3.05, 3.63) is 46.6 Å². The molecule has 1 aromatic carbocycles. The van der Waals surface area contributed by atoms with Crippen LogP contribution in [-0.4, -0.2) is 33.3 Å². The molecule has 148 valence electrons. The van der Waals surface area contributed by atoms with Gasteiger partial charge in [0, 0.05) is 16.2 Å². The van der Waals surface area contributed by atoms with Gasteiger partial charge in [-0.1, -0.05) is 37.6 Å². The first-order chi connectivity index (χ1) is 13.6. The normalized spacial score (nSPS) is 23.4. The first-order valence-electron chi connectivity index (χ1n) is 10.0. The van der Waals surface area contributed by atoms with Gasteiger partial charge in [0.2, 0.25) is 0 Å². The van der Waals surface area contributed by atoms with Crippen LogP contribution in [0.15, 0.2) is 30.3 Å². The molecule has 0 bridgehead atoms. The van der Waals surface area contributed by atoms with Crippen molar-refractivity contribution in [1.29, 1.82) is 0 Å². The van der Waals surface area contributed by atoms with Crippen molar-refractivity contribution in [2.24, 2.45) is 5.92 Å². The van der Waals surface area contributed by atoms with Gasteiger partial charge in [-0.15, -0.1) is 0 Å². The molecule has 4 rings (SSSR count). The summed E-state index contributed by atoms with van der Waals surface area (Å²) in [4.78, 5) is 12.3. The van der Waals surface area contributed by atoms with Gasteiger partial charge in [0.1, 0.15) is 5.56 Å². The van der Waals surface area contributed by atoms with Gasteiger partial charge in [-0.05, 0) is 49.8 Å². The van der Waals surface area contributed by atoms with E-state index in [0.29, 0.717) is 21.2 Å². The van der Waals surface area contributed by atoms with Crippen molar-refractivity contribution < 1.29 is 14.6 Å². The van der Waals surface area contributed by atoms with E-state index in [1.807, 2.05) is 46.7 Å². The third-order valence-electron chi connectivity index (χ3n) is 6.04. The minimum absolute atomic E-state index is 0.0365. The predicted molar refractivity (Wildman–Crippen MR) is 114 cm³/mol. The Morgan fingerprint density at radius 1 is 1.21 bits per heavy atom. The molecule has 2 atom stereocenters. The van der Waals surface area contributed by atoms with E-state index in [4.69, 9.17) is 4.74 Å². The Morgan fingerprint density at radius 3 is 2.61 bits per heavy atom. The summed E-state index contributed by atoms with van der Waals surface area (Å²) >= 11 is 2.03. The third-order valence-corrected chi connectivity index (χ3v) is 7.73. The zero-order valence-corrected chi connectivity index (χ0v) is 17.1. The van der Waals surface area contributed by atoms with E-state index in [1.54, 1.807) is 0 Å². The average molecular weight is 398 g/mol. The van der Waals surface area contributed by atoms with Crippen LogP contribution in [0.3, 0.4) is 0 Å². The first-order valence-corrected chi connectivity index (χ1v) is 11.0. The van der Waals surface area contributed by atoms with E-state index >= 15 is 0 Å². The molecule has 1 aromatic heterocycles. The number of benzene rings is 1. The van der Waals surface area contributed by atoms with Crippen molar-refractivity contribution >= 4 is 30.4 Å². The molecule has 1 aliphatic heterocycles. The Kier molecular flexibility index (Phi) is 5.54. The average Bonchev–Trinajstić information content (AvgIpc) is 3.43. The maximum atomic E-state index is 12.3. The second kappa shape index (κ2) is 8.08. The van der Waals surface area contributed by atoms with Crippen LogP contribution in [-0.2, 0) is 4.74 Å². The van der Waals surface area contributed by atoms with E-state index in [9.17, 15) is 9.90 Å². The largest absolute Gasteiger partial charge is 0.505 e. The fourth-order valence-electron chi connectivity index (χ4n) is 4.63. The molecule has 1 N–H and O–H groups in total. The number of para-hydroxylation sites is 1. The van der Waals surface area contributed by atoms with Crippen molar-refractivity contribution in [2.75, 3.05) is 7.11 Å². The molecule has 4 nitrogen and oxygen atoms in total. The fraction of sp³-hybridized carbons (Fsp3) is 0.435. The number of esters is 1. The van der Waals surface area contributed by atoms with E-state index in [2.05, 4.69) is 12.7 Å². The minimum atomic E-state index is -0.560. The van der Waals surface area contributed by atoms with Crippen LogP contribution in [0.1, 0.15) is 48.9 Å². The number of carbonyl (C=O) groups is 1. The van der Waals surface area contributed by atoms with Gasteiger partial charge >= 0.3 is 5.97 Å². The summed E-state index contributed by atoms with van der Waals surface area (Å²) in [6, 6.07) is 9.73. The van der Waals surface area contributed by atoms with Gasteiger partial charge in [0.15, 0.2) is 5.75 Å². The van der Waals surface area contributed by atoms with Crippen LogP contribution in [0.25, 0.3) is 18.3 Å². The number of hydrogen-bond acceptors (Lipinski definition) is 4. The zero-order valence-electron chi connectivity index (χ0n) is 16.3. The van der Waals surface area contributed by atoms with Crippen LogP contribution in [0.2, 0.25) is 0 Å². The molecule has 2 aromatic rings. The van der Waals surface area contributed by atoms with Crippen LogP contribution in [0.5, 0.6) is 5.75 Å². The summed E-state index contributed by atoms with van der Waals surface area (Å²) in [5, 5.41) is 13.0. The Balaban J connectivity index is 1.76. The quantitative estimate of drug-likeness (QED) is 0.801. The van der Waals surface area contributed by atoms with Crippen molar-refractivity contribution in [1.82, 2.24) is 4.57 Å². The monoisotopic (exact) mass is 397 g/mol. The van der Waals surface area contributed by atoms with E-state index in [1.165, 1.54) is 39.2 Å². The lowest BCUT2D eigenvalue weighted by atomic mass is 9.99. The summed E-state index contributed by atoms with van der Waals surface area (Å²) in [6.45, 7) is 4.08. The Bertz CT molecular complexity index is 960. The number of ether oxygens (including phenoxy) is 1. The predicted octanol–water partition coefficient (Wildman–Crippen LogP) is 3.61. The summed E-state index contributed by atoms with van der Waals surface area (Å²) in [5.41, 5.74) is 1.02. The molecule has 0 amide bonds. The Morgan fingerprint density at radius 2 is 1.93 bits per heavy atom. The standard InChI is InChI=1S/C23H27NO3S/c1-15-21(23(26)27-2)22(25)19(24(15)17-10-4-3-5-11-17)14-18-12-13-20(28-18)16-8-6-7-9-16/h3-5,10-11,14,16,18,20,25H,1,6-9,12-13H2,2H3/b19-14+. The van der Waals surface area contributed by atoms with Gasteiger partial charge < -0.3 is 14.4 Å². The lowest BCUT2D eigenvalue weighted by Gasteiger charge is -2.16. The highest BCUT2D eigenvalue weighted by atomic mass is 32.2. The number of rotatable bonds is 4. The summed E-state index contributed by atoms with van der Waals surface area (Å²) in [6.07, 6.45) is 9.87. The van der Waals surface area contributed by atoms with Crippen LogP contribution in [0, 0.1) is 5.92 Å². The molecule has 28 heavy (non-hydrogen) atoms. The number of aromatic hydroxyl groups is 1. The van der Waals surface area contributed by atoms with E-state index in [0.717, 1.165) is 18.0 Å². The number of nitrogens with zero attached hydrogens (tertiary/aromatic N) is 1. The highest BCUT2D eigenvalue weighted by Gasteiger charge is 2.32. The van der Waals surface area contributed by atoms with Crippen LogP contribution >= 0.6 is 11.8 Å². The van der Waals surface area contributed by atoms with E-state index < -0.39 is 5.97 Å². The lowest BCUT2D eigenvalue weighted by Crippen LogP contribution is -2.26. The maximum Gasteiger partial charge on any atom is 0.343 e. The van der Waals surface area contributed by atoms with Crippen molar-refractivity contribution in [3.63, 3.8) is 0 Å².